The highest BCUT2D eigenvalue weighted by Gasteiger charge is 2.36. The molecule has 3 atom stereocenters. The van der Waals surface area contributed by atoms with Crippen LogP contribution in [0.3, 0.4) is 0 Å². The van der Waals surface area contributed by atoms with E-state index in [-0.39, 0.29) is 6.04 Å². The molecule has 0 saturated heterocycles. The van der Waals surface area contributed by atoms with Gasteiger partial charge in [-0.25, -0.2) is 8.42 Å². The van der Waals surface area contributed by atoms with E-state index in [0.29, 0.717) is 17.9 Å². The molecule has 0 heterocycles. The molecular weight excluding hydrogens is 286 g/mol. The Morgan fingerprint density at radius 3 is 2.48 bits per heavy atom. The van der Waals surface area contributed by atoms with Crippen LogP contribution in [0.4, 0.5) is 0 Å². The van der Waals surface area contributed by atoms with Crippen LogP contribution in [0.2, 0.25) is 0 Å². The predicted octanol–water partition coefficient (Wildman–Crippen LogP) is 2.05. The largest absolute Gasteiger partial charge is 0.392 e. The van der Waals surface area contributed by atoms with Gasteiger partial charge in [-0.2, -0.15) is 0 Å². The molecule has 0 amide bonds. The van der Waals surface area contributed by atoms with Gasteiger partial charge in [0.2, 0.25) is 0 Å². The lowest BCUT2D eigenvalue weighted by Gasteiger charge is -2.32. The van der Waals surface area contributed by atoms with Crippen molar-refractivity contribution in [1.29, 1.82) is 0 Å². The van der Waals surface area contributed by atoms with Gasteiger partial charge in [-0.15, -0.1) is 0 Å². The highest BCUT2D eigenvalue weighted by atomic mass is 32.2. The summed E-state index contributed by atoms with van der Waals surface area (Å²) in [6, 6.07) is 7.01. The van der Waals surface area contributed by atoms with E-state index in [1.54, 1.807) is 19.1 Å². The Bertz CT molecular complexity index is 551. The molecule has 1 aliphatic carbocycles. The number of rotatable bonds is 5. The van der Waals surface area contributed by atoms with Gasteiger partial charge < -0.3 is 10.4 Å². The van der Waals surface area contributed by atoms with Crippen LogP contribution in [-0.4, -0.2) is 37.5 Å². The Hall–Kier alpha value is -0.910. The van der Waals surface area contributed by atoms with Crippen molar-refractivity contribution in [3.05, 3.63) is 29.8 Å². The summed E-state index contributed by atoms with van der Waals surface area (Å²) in [5.41, 5.74) is 1.06. The lowest BCUT2D eigenvalue weighted by Crippen LogP contribution is -2.48. The number of sulfone groups is 1. The zero-order valence-electron chi connectivity index (χ0n) is 12.7. The maximum Gasteiger partial charge on any atom is 0.182 e. The highest BCUT2D eigenvalue weighted by Crippen LogP contribution is 2.29. The summed E-state index contributed by atoms with van der Waals surface area (Å²) in [6.45, 7) is 4.09. The Morgan fingerprint density at radius 1 is 1.24 bits per heavy atom. The molecule has 1 aromatic rings. The third-order valence-corrected chi connectivity index (χ3v) is 6.42. The minimum absolute atomic E-state index is 0.0698. The minimum atomic E-state index is -3.32. The van der Waals surface area contributed by atoms with Gasteiger partial charge in [0.25, 0.3) is 0 Å². The van der Waals surface area contributed by atoms with Gasteiger partial charge in [0.1, 0.15) is 0 Å². The number of hydrogen-bond donors (Lipinski definition) is 2. The maximum atomic E-state index is 12.9. The number of hydrogen-bond acceptors (Lipinski definition) is 4. The monoisotopic (exact) mass is 311 g/mol. The highest BCUT2D eigenvalue weighted by molar-refractivity contribution is 7.92. The van der Waals surface area contributed by atoms with Gasteiger partial charge in [-0.3, -0.25) is 0 Å². The van der Waals surface area contributed by atoms with Crippen molar-refractivity contribution < 1.29 is 13.5 Å². The van der Waals surface area contributed by atoms with Crippen LogP contribution in [0.5, 0.6) is 0 Å². The third kappa shape index (κ3) is 4.05. The lowest BCUT2D eigenvalue weighted by molar-refractivity contribution is 0.181. The molecule has 0 unspecified atom stereocenters. The number of aryl methyl sites for hydroxylation is 1. The molecule has 118 valence electrons. The van der Waals surface area contributed by atoms with Gasteiger partial charge in [0, 0.05) is 12.6 Å². The van der Waals surface area contributed by atoms with Crippen LogP contribution < -0.4 is 5.32 Å². The molecule has 1 aromatic carbocycles. The zero-order valence-corrected chi connectivity index (χ0v) is 13.6. The first-order chi connectivity index (χ1) is 9.91. The van der Waals surface area contributed by atoms with E-state index in [9.17, 15) is 13.5 Å². The van der Waals surface area contributed by atoms with Gasteiger partial charge >= 0.3 is 0 Å². The second kappa shape index (κ2) is 6.90. The van der Waals surface area contributed by atoms with Gasteiger partial charge in [0.15, 0.2) is 9.84 Å². The number of nitrogens with one attached hydrogen (secondary N) is 1. The fourth-order valence-corrected chi connectivity index (χ4v) is 4.93. The van der Waals surface area contributed by atoms with E-state index >= 15 is 0 Å². The van der Waals surface area contributed by atoms with E-state index < -0.39 is 21.2 Å². The molecule has 0 aliphatic heterocycles. The topological polar surface area (TPSA) is 66.4 Å². The van der Waals surface area contributed by atoms with Crippen molar-refractivity contribution in [2.45, 2.75) is 61.8 Å². The quantitative estimate of drug-likeness (QED) is 0.873. The standard InChI is InChI=1S/C16H25NO3S/c1-12-7-9-14(10-8-12)21(19,20)16-6-4-3-5-15(16)17-11-13(2)18/h7-10,13,15-18H,3-6,11H2,1-2H3/t13-,15-,16+/m0/s1. The molecule has 0 aromatic heterocycles. The average Bonchev–Trinajstić information content (AvgIpc) is 2.46. The summed E-state index contributed by atoms with van der Waals surface area (Å²) in [7, 11) is -3.32. The SMILES string of the molecule is Cc1ccc(S(=O)(=O)[C@@H]2CCCC[C@@H]2NC[C@H](C)O)cc1. The molecule has 4 nitrogen and oxygen atoms in total. The lowest BCUT2D eigenvalue weighted by atomic mass is 9.95. The van der Waals surface area contributed by atoms with Crippen LogP contribution in [0.15, 0.2) is 29.2 Å². The smallest absolute Gasteiger partial charge is 0.182 e. The number of aliphatic hydroxyl groups is 1. The Labute approximate surface area is 127 Å². The normalized spacial score (nSPS) is 24.7. The van der Waals surface area contributed by atoms with Crippen LogP contribution in [-0.2, 0) is 9.84 Å². The van der Waals surface area contributed by atoms with Crippen LogP contribution in [0, 0.1) is 6.92 Å². The summed E-state index contributed by atoms with van der Waals surface area (Å²) in [4.78, 5) is 0.406. The van der Waals surface area contributed by atoms with E-state index in [2.05, 4.69) is 5.32 Å². The van der Waals surface area contributed by atoms with Crippen molar-refractivity contribution in [3.8, 4) is 0 Å². The summed E-state index contributed by atoms with van der Waals surface area (Å²) < 4.78 is 25.7. The molecular formula is C16H25NO3S. The molecule has 0 bridgehead atoms. The number of aliphatic hydroxyl groups excluding tert-OH is 1. The predicted molar refractivity (Wildman–Crippen MR) is 84.1 cm³/mol. The van der Waals surface area contributed by atoms with Crippen LogP contribution >= 0.6 is 0 Å². The second-order valence-corrected chi connectivity index (χ2v) is 8.21. The molecule has 0 radical (unpaired) electrons. The van der Waals surface area contributed by atoms with E-state index in [1.165, 1.54) is 0 Å². The fraction of sp³-hybridized carbons (Fsp3) is 0.625. The molecule has 0 spiro atoms. The Kier molecular flexibility index (Phi) is 5.41. The van der Waals surface area contributed by atoms with Crippen LogP contribution in [0.1, 0.15) is 38.2 Å². The Morgan fingerprint density at radius 2 is 1.86 bits per heavy atom. The average molecular weight is 311 g/mol. The van der Waals surface area contributed by atoms with E-state index in [4.69, 9.17) is 0 Å². The summed E-state index contributed by atoms with van der Waals surface area (Å²) in [5.74, 6) is 0. The maximum absolute atomic E-state index is 12.9. The molecule has 1 fully saturated rings. The van der Waals surface area contributed by atoms with E-state index in [1.807, 2.05) is 19.1 Å². The first-order valence-corrected chi connectivity index (χ1v) is 9.18. The summed E-state index contributed by atoms with van der Waals surface area (Å²) in [6.07, 6.45) is 3.06. The minimum Gasteiger partial charge on any atom is -0.392 e. The van der Waals surface area contributed by atoms with E-state index in [0.717, 1.165) is 24.8 Å². The number of benzene rings is 1. The molecule has 1 aliphatic rings. The first-order valence-electron chi connectivity index (χ1n) is 7.63. The van der Waals surface area contributed by atoms with Gasteiger partial charge in [-0.05, 0) is 38.8 Å². The molecule has 2 rings (SSSR count). The second-order valence-electron chi connectivity index (χ2n) is 6.04. The molecule has 1 saturated carbocycles. The summed E-state index contributed by atoms with van der Waals surface area (Å²) in [5, 5.41) is 12.2. The van der Waals surface area contributed by atoms with Gasteiger partial charge in [0.05, 0.1) is 16.2 Å². The molecule has 2 N–H and O–H groups in total. The molecule has 21 heavy (non-hydrogen) atoms. The van der Waals surface area contributed by atoms with Gasteiger partial charge in [-0.1, -0.05) is 30.5 Å². The van der Waals surface area contributed by atoms with Crippen molar-refractivity contribution in [2.24, 2.45) is 0 Å². The molecule has 5 heteroatoms. The van der Waals surface area contributed by atoms with Crippen LogP contribution in [0.25, 0.3) is 0 Å². The fourth-order valence-electron chi connectivity index (χ4n) is 2.93. The van der Waals surface area contributed by atoms with Crippen molar-refractivity contribution in [1.82, 2.24) is 5.32 Å². The zero-order chi connectivity index (χ0) is 15.5. The summed E-state index contributed by atoms with van der Waals surface area (Å²) >= 11 is 0. The van der Waals surface area contributed by atoms with Crippen molar-refractivity contribution >= 4 is 9.84 Å². The third-order valence-electron chi connectivity index (χ3n) is 4.13. The van der Waals surface area contributed by atoms with Crippen molar-refractivity contribution in [3.63, 3.8) is 0 Å². The Balaban J connectivity index is 2.20. The van der Waals surface area contributed by atoms with Crippen molar-refractivity contribution in [2.75, 3.05) is 6.54 Å². The first kappa shape index (κ1) is 16.5.